The van der Waals surface area contributed by atoms with Crippen LogP contribution in [0.15, 0.2) is 91.1 Å². The Morgan fingerprint density at radius 3 is 2.27 bits per heavy atom. The predicted molar refractivity (Wildman–Crippen MR) is 116 cm³/mol. The number of fused-ring (bicyclic) bond motifs is 1. The number of hydrogen-bond donors (Lipinski definition) is 1. The maximum atomic E-state index is 12.9. The summed E-state index contributed by atoms with van der Waals surface area (Å²) in [6.07, 6.45) is 2.00. The van der Waals surface area contributed by atoms with Gasteiger partial charge >= 0.3 is 6.09 Å². The maximum absolute atomic E-state index is 12.9. The number of carbonyl (C=O) groups excluding carboxylic acids is 2. The number of rotatable bonds is 6. The zero-order chi connectivity index (χ0) is 20.8. The summed E-state index contributed by atoms with van der Waals surface area (Å²) < 4.78 is 6.92. The molecule has 1 N–H and O–H groups in total. The largest absolute Gasteiger partial charge is 0.445 e. The van der Waals surface area contributed by atoms with Crippen LogP contribution in [0.3, 0.4) is 0 Å². The van der Waals surface area contributed by atoms with Crippen molar-refractivity contribution in [3.8, 4) is 0 Å². The minimum Gasteiger partial charge on any atom is -0.445 e. The molecule has 0 saturated carbocycles. The molecule has 0 bridgehead atoms. The van der Waals surface area contributed by atoms with Gasteiger partial charge in [-0.05, 0) is 35.7 Å². The molecule has 150 valence electrons. The Morgan fingerprint density at radius 1 is 0.833 bits per heavy atom. The first-order valence-electron chi connectivity index (χ1n) is 9.85. The van der Waals surface area contributed by atoms with Crippen molar-refractivity contribution in [1.82, 2.24) is 9.88 Å². The number of hydrogen-bond acceptors (Lipinski definition) is 3. The van der Waals surface area contributed by atoms with E-state index in [1.807, 2.05) is 79.0 Å². The van der Waals surface area contributed by atoms with Gasteiger partial charge in [-0.2, -0.15) is 0 Å². The van der Waals surface area contributed by atoms with E-state index in [2.05, 4.69) is 5.32 Å². The number of ether oxygens (including phenoxy) is 1. The monoisotopic (exact) mass is 398 g/mol. The number of nitrogens with zero attached hydrogens (tertiary/aromatic N) is 1. The van der Waals surface area contributed by atoms with Crippen molar-refractivity contribution in [2.45, 2.75) is 13.0 Å². The second kappa shape index (κ2) is 9.09. The molecule has 0 aliphatic heterocycles. The highest BCUT2D eigenvalue weighted by Crippen LogP contribution is 2.23. The molecule has 0 fully saturated rings. The quantitative estimate of drug-likeness (QED) is 0.508. The number of amides is 1. The average Bonchev–Trinajstić information content (AvgIpc) is 3.17. The second-order valence-electron chi connectivity index (χ2n) is 6.95. The molecule has 0 aliphatic carbocycles. The fourth-order valence-corrected chi connectivity index (χ4v) is 3.41. The zero-order valence-electron chi connectivity index (χ0n) is 16.5. The third-order valence-corrected chi connectivity index (χ3v) is 4.91. The normalized spacial score (nSPS) is 10.7. The summed E-state index contributed by atoms with van der Waals surface area (Å²) >= 11 is 0. The lowest BCUT2D eigenvalue weighted by molar-refractivity contribution is 0.0964. The summed E-state index contributed by atoms with van der Waals surface area (Å²) in [7, 11) is 0. The van der Waals surface area contributed by atoms with Crippen molar-refractivity contribution >= 4 is 22.9 Å². The highest BCUT2D eigenvalue weighted by Gasteiger charge is 2.15. The van der Waals surface area contributed by atoms with E-state index >= 15 is 0 Å². The maximum Gasteiger partial charge on any atom is 0.407 e. The topological polar surface area (TPSA) is 60.3 Å². The van der Waals surface area contributed by atoms with Crippen LogP contribution in [0.4, 0.5) is 4.79 Å². The molecule has 5 nitrogen and oxygen atoms in total. The third kappa shape index (κ3) is 4.41. The molecule has 5 heteroatoms. The van der Waals surface area contributed by atoms with E-state index in [1.165, 1.54) is 0 Å². The van der Waals surface area contributed by atoms with Crippen molar-refractivity contribution in [1.29, 1.82) is 0 Å². The van der Waals surface area contributed by atoms with Crippen LogP contribution in [0, 0.1) is 0 Å². The summed E-state index contributed by atoms with van der Waals surface area (Å²) in [5.74, 6) is -0.0757. The number of aromatic nitrogens is 1. The first-order valence-corrected chi connectivity index (χ1v) is 9.85. The summed E-state index contributed by atoms with van der Waals surface area (Å²) in [6.45, 7) is 0.652. The third-order valence-electron chi connectivity index (χ3n) is 4.91. The molecule has 30 heavy (non-hydrogen) atoms. The van der Waals surface area contributed by atoms with Crippen molar-refractivity contribution in [2.24, 2.45) is 0 Å². The van der Waals surface area contributed by atoms with Crippen LogP contribution < -0.4 is 5.32 Å². The molecule has 0 atom stereocenters. The van der Waals surface area contributed by atoms with E-state index in [4.69, 9.17) is 4.74 Å². The van der Waals surface area contributed by atoms with E-state index in [0.717, 1.165) is 22.0 Å². The zero-order valence-corrected chi connectivity index (χ0v) is 16.5. The van der Waals surface area contributed by atoms with Crippen LogP contribution in [0.2, 0.25) is 0 Å². The Labute approximate surface area is 174 Å². The first-order chi connectivity index (χ1) is 14.7. The van der Waals surface area contributed by atoms with Crippen LogP contribution >= 0.6 is 0 Å². The first kappa shape index (κ1) is 19.5. The summed E-state index contributed by atoms with van der Waals surface area (Å²) in [5.41, 5.74) is 3.42. The van der Waals surface area contributed by atoms with Gasteiger partial charge in [0, 0.05) is 23.7 Å². The number of nitrogens with one attached hydrogen (secondary N) is 1. The van der Waals surface area contributed by atoms with Crippen LogP contribution in [0.25, 0.3) is 10.9 Å². The van der Waals surface area contributed by atoms with Gasteiger partial charge in [0.05, 0.1) is 5.52 Å². The smallest absolute Gasteiger partial charge is 0.407 e. The van der Waals surface area contributed by atoms with Gasteiger partial charge in [-0.25, -0.2) is 4.79 Å². The molecule has 0 saturated heterocycles. The van der Waals surface area contributed by atoms with E-state index in [-0.39, 0.29) is 12.5 Å². The van der Waals surface area contributed by atoms with Gasteiger partial charge in [-0.15, -0.1) is 0 Å². The number of carbonyl (C=O) groups is 2. The molecule has 0 unspecified atom stereocenters. The predicted octanol–water partition coefficient (Wildman–Crippen LogP) is 4.80. The molecule has 1 heterocycles. The highest BCUT2D eigenvalue weighted by molar-refractivity contribution is 6.03. The molecule has 4 aromatic rings. The van der Waals surface area contributed by atoms with Crippen LogP contribution in [0.1, 0.15) is 21.5 Å². The van der Waals surface area contributed by atoms with Crippen molar-refractivity contribution in [2.75, 3.05) is 6.54 Å². The van der Waals surface area contributed by atoms with E-state index in [0.29, 0.717) is 18.5 Å². The van der Waals surface area contributed by atoms with Gasteiger partial charge in [0.1, 0.15) is 6.61 Å². The van der Waals surface area contributed by atoms with Gasteiger partial charge < -0.3 is 10.1 Å². The minimum absolute atomic E-state index is 0.0757. The second-order valence-corrected chi connectivity index (χ2v) is 6.95. The summed E-state index contributed by atoms with van der Waals surface area (Å²) in [4.78, 5) is 24.9. The van der Waals surface area contributed by atoms with Gasteiger partial charge in [-0.1, -0.05) is 66.7 Å². The molecule has 1 amide bonds. The van der Waals surface area contributed by atoms with E-state index in [1.54, 1.807) is 16.7 Å². The van der Waals surface area contributed by atoms with Crippen molar-refractivity contribution in [3.05, 3.63) is 108 Å². The molecule has 4 rings (SSSR count). The Kier molecular flexibility index (Phi) is 5.90. The lowest BCUT2D eigenvalue weighted by Gasteiger charge is -2.06. The van der Waals surface area contributed by atoms with Gasteiger partial charge in [-0.3, -0.25) is 9.36 Å². The van der Waals surface area contributed by atoms with Crippen molar-refractivity contribution < 1.29 is 14.3 Å². The molecular weight excluding hydrogens is 376 g/mol. The van der Waals surface area contributed by atoms with Gasteiger partial charge in [0.25, 0.3) is 5.91 Å². The Balaban J connectivity index is 1.42. The van der Waals surface area contributed by atoms with Crippen LogP contribution in [-0.4, -0.2) is 23.1 Å². The summed E-state index contributed by atoms with van der Waals surface area (Å²) in [6, 6.07) is 26.5. The van der Waals surface area contributed by atoms with Crippen LogP contribution in [0.5, 0.6) is 0 Å². The van der Waals surface area contributed by atoms with Crippen molar-refractivity contribution in [3.63, 3.8) is 0 Å². The Bertz CT molecular complexity index is 1150. The van der Waals surface area contributed by atoms with E-state index in [9.17, 15) is 9.59 Å². The molecule has 1 aromatic heterocycles. The SMILES string of the molecule is O=C(NCCc1cn(C(=O)c2ccccc2)c2ccccc12)OCc1ccccc1. The lowest BCUT2D eigenvalue weighted by Crippen LogP contribution is -2.26. The van der Waals surface area contributed by atoms with E-state index < -0.39 is 6.09 Å². The molecule has 0 spiro atoms. The number of para-hydroxylation sites is 1. The Morgan fingerprint density at radius 2 is 1.50 bits per heavy atom. The standard InChI is InChI=1S/C25H22N2O3/c28-24(20-11-5-2-6-12-20)27-17-21(22-13-7-8-14-23(22)27)15-16-26-25(29)30-18-19-9-3-1-4-10-19/h1-14,17H,15-16,18H2,(H,26,29). The fraction of sp³-hybridized carbons (Fsp3) is 0.120. The summed E-state index contributed by atoms with van der Waals surface area (Å²) in [5, 5.41) is 3.78. The molecule has 0 radical (unpaired) electrons. The fourth-order valence-electron chi connectivity index (χ4n) is 3.41. The van der Waals surface area contributed by atoms with Gasteiger partial charge in [0.2, 0.25) is 0 Å². The van der Waals surface area contributed by atoms with Crippen LogP contribution in [-0.2, 0) is 17.8 Å². The Hall–Kier alpha value is -3.86. The number of benzene rings is 3. The number of alkyl carbamates (subject to hydrolysis) is 1. The average molecular weight is 398 g/mol. The molecule has 3 aromatic carbocycles. The minimum atomic E-state index is -0.456. The van der Waals surface area contributed by atoms with Gasteiger partial charge in [0.15, 0.2) is 0 Å². The molecule has 0 aliphatic rings. The lowest BCUT2D eigenvalue weighted by atomic mass is 10.1. The highest BCUT2D eigenvalue weighted by atomic mass is 16.5. The molecular formula is C25H22N2O3.